The number of hydrogen-bond acceptors (Lipinski definition) is 5. The molecule has 3 N–H and O–H groups in total. The molecular weight excluding hydrogens is 392 g/mol. The molecule has 1 heterocycles. The van der Waals surface area contributed by atoms with E-state index in [9.17, 15) is 18.7 Å². The van der Waals surface area contributed by atoms with E-state index in [4.69, 9.17) is 10.00 Å². The third kappa shape index (κ3) is 5.53. The predicted molar refractivity (Wildman–Crippen MR) is 106 cm³/mol. The molecule has 0 spiro atoms. The molecule has 3 unspecified atom stereocenters. The fourth-order valence-electron chi connectivity index (χ4n) is 3.61. The number of aliphatic hydroxyl groups is 1. The lowest BCUT2D eigenvalue weighted by Crippen LogP contribution is -2.48. The largest absolute Gasteiger partial charge is 0.493 e. The maximum absolute atomic E-state index is 13.5. The van der Waals surface area contributed by atoms with Gasteiger partial charge in [0.1, 0.15) is 17.4 Å². The van der Waals surface area contributed by atoms with E-state index in [1.165, 1.54) is 19.1 Å². The van der Waals surface area contributed by atoms with E-state index in [2.05, 4.69) is 16.7 Å². The lowest BCUT2D eigenvalue weighted by atomic mass is 9.97. The number of carbonyl (C=O) groups is 1. The number of carbonyl (C=O) groups excluding carboxylic acids is 1. The first-order valence-electron chi connectivity index (χ1n) is 9.66. The third-order valence-electron chi connectivity index (χ3n) is 4.98. The van der Waals surface area contributed by atoms with Crippen molar-refractivity contribution in [1.82, 2.24) is 10.6 Å². The monoisotopic (exact) mass is 415 g/mol. The number of rotatable bonds is 7. The van der Waals surface area contributed by atoms with Crippen LogP contribution in [0.5, 0.6) is 5.75 Å². The van der Waals surface area contributed by atoms with E-state index in [0.717, 1.165) is 11.6 Å². The zero-order valence-electron chi connectivity index (χ0n) is 16.5. The van der Waals surface area contributed by atoms with Gasteiger partial charge in [-0.3, -0.25) is 4.79 Å². The summed E-state index contributed by atoms with van der Waals surface area (Å²) in [6.45, 7) is 1.94. The highest BCUT2D eigenvalue weighted by molar-refractivity contribution is 5.73. The standard InChI is InChI=1S/C22H23F2N3O3/c1-13(28)27-20(9-15-6-16(23)10-17(24)7-15)21(29)12-26-19-4-5-30-22-3-2-14(11-25)8-18(19)22/h2-3,6-8,10,19-21,26,29H,4-5,9,12H2,1H3,(H,27,28). The van der Waals surface area contributed by atoms with Crippen LogP contribution in [0.3, 0.4) is 0 Å². The molecule has 8 heteroatoms. The fourth-order valence-corrected chi connectivity index (χ4v) is 3.61. The van der Waals surface area contributed by atoms with Crippen LogP contribution in [0.25, 0.3) is 0 Å². The van der Waals surface area contributed by atoms with Gasteiger partial charge in [0.25, 0.3) is 0 Å². The highest BCUT2D eigenvalue weighted by Crippen LogP contribution is 2.32. The lowest BCUT2D eigenvalue weighted by molar-refractivity contribution is -0.120. The first-order chi connectivity index (χ1) is 14.4. The topological polar surface area (TPSA) is 94.4 Å². The van der Waals surface area contributed by atoms with Crippen LogP contribution in [-0.4, -0.2) is 36.3 Å². The normalized spacial score (nSPS) is 17.2. The molecule has 0 aromatic heterocycles. The Bertz CT molecular complexity index is 941. The van der Waals surface area contributed by atoms with Gasteiger partial charge in [0, 0.05) is 37.6 Å². The van der Waals surface area contributed by atoms with E-state index in [1.807, 2.05) is 0 Å². The Morgan fingerprint density at radius 2 is 2.03 bits per heavy atom. The summed E-state index contributed by atoms with van der Waals surface area (Å²) in [7, 11) is 0. The van der Waals surface area contributed by atoms with Crippen LogP contribution in [0.4, 0.5) is 8.78 Å². The number of benzene rings is 2. The summed E-state index contributed by atoms with van der Waals surface area (Å²) in [5, 5.41) is 25.7. The van der Waals surface area contributed by atoms with Gasteiger partial charge in [0.2, 0.25) is 5.91 Å². The number of nitrogens with one attached hydrogen (secondary N) is 2. The van der Waals surface area contributed by atoms with Crippen LogP contribution in [0, 0.1) is 23.0 Å². The molecule has 1 aliphatic heterocycles. The second-order valence-electron chi connectivity index (χ2n) is 7.32. The third-order valence-corrected chi connectivity index (χ3v) is 4.98. The van der Waals surface area contributed by atoms with Crippen molar-refractivity contribution >= 4 is 5.91 Å². The molecule has 158 valence electrons. The van der Waals surface area contributed by atoms with Crippen LogP contribution in [0.15, 0.2) is 36.4 Å². The molecule has 30 heavy (non-hydrogen) atoms. The Hall–Kier alpha value is -3.02. The summed E-state index contributed by atoms with van der Waals surface area (Å²) in [6.07, 6.45) is -0.292. The SMILES string of the molecule is CC(=O)NC(Cc1cc(F)cc(F)c1)C(O)CNC1CCOc2ccc(C#N)cc21. The van der Waals surface area contributed by atoms with Crippen molar-refractivity contribution < 1.29 is 23.4 Å². The maximum Gasteiger partial charge on any atom is 0.217 e. The van der Waals surface area contributed by atoms with Crippen molar-refractivity contribution in [2.24, 2.45) is 0 Å². The zero-order chi connectivity index (χ0) is 21.7. The van der Waals surface area contributed by atoms with Crippen LogP contribution in [-0.2, 0) is 11.2 Å². The molecule has 0 saturated heterocycles. The van der Waals surface area contributed by atoms with E-state index in [0.29, 0.717) is 29.9 Å². The van der Waals surface area contributed by atoms with Gasteiger partial charge in [-0.2, -0.15) is 5.26 Å². The van der Waals surface area contributed by atoms with Crippen LogP contribution in [0.2, 0.25) is 0 Å². The molecule has 2 aromatic carbocycles. The number of aliphatic hydroxyl groups excluding tert-OH is 1. The Labute approximate surface area is 173 Å². The first kappa shape index (κ1) is 21.7. The molecule has 3 atom stereocenters. The molecule has 1 amide bonds. The minimum absolute atomic E-state index is 0.0695. The number of halogens is 2. The second kappa shape index (κ2) is 9.65. The van der Waals surface area contributed by atoms with Crippen LogP contribution in [0.1, 0.15) is 36.1 Å². The molecule has 1 aliphatic rings. The Morgan fingerprint density at radius 1 is 1.30 bits per heavy atom. The average molecular weight is 415 g/mol. The van der Waals surface area contributed by atoms with Gasteiger partial charge in [-0.15, -0.1) is 0 Å². The maximum atomic E-state index is 13.5. The molecule has 0 saturated carbocycles. The minimum atomic E-state index is -1.01. The highest BCUT2D eigenvalue weighted by atomic mass is 19.1. The Balaban J connectivity index is 1.70. The van der Waals surface area contributed by atoms with Crippen molar-refractivity contribution in [2.75, 3.05) is 13.2 Å². The van der Waals surface area contributed by atoms with Crippen molar-refractivity contribution in [1.29, 1.82) is 5.26 Å². The number of amides is 1. The van der Waals surface area contributed by atoms with Crippen molar-refractivity contribution in [3.8, 4) is 11.8 Å². The van der Waals surface area contributed by atoms with Crippen LogP contribution < -0.4 is 15.4 Å². The smallest absolute Gasteiger partial charge is 0.217 e. The summed E-state index contributed by atoms with van der Waals surface area (Å²) >= 11 is 0. The Kier molecular flexibility index (Phi) is 6.98. The molecule has 0 bridgehead atoms. The molecular formula is C22H23F2N3O3. The van der Waals surface area contributed by atoms with Gasteiger partial charge in [0.05, 0.1) is 30.4 Å². The second-order valence-corrected chi connectivity index (χ2v) is 7.32. The number of nitrogens with zero attached hydrogens (tertiary/aromatic N) is 1. The number of nitriles is 1. The quantitative estimate of drug-likeness (QED) is 0.646. The lowest BCUT2D eigenvalue weighted by Gasteiger charge is -2.30. The highest BCUT2D eigenvalue weighted by Gasteiger charge is 2.26. The van der Waals surface area contributed by atoms with E-state index in [-0.39, 0.29) is 24.9 Å². The van der Waals surface area contributed by atoms with Gasteiger partial charge in [-0.1, -0.05) is 0 Å². The molecule has 0 radical (unpaired) electrons. The van der Waals surface area contributed by atoms with Gasteiger partial charge in [0.15, 0.2) is 0 Å². The van der Waals surface area contributed by atoms with Gasteiger partial charge in [-0.05, 0) is 42.3 Å². The number of hydrogen-bond donors (Lipinski definition) is 3. The average Bonchev–Trinajstić information content (AvgIpc) is 2.70. The predicted octanol–water partition coefficient (Wildman–Crippen LogP) is 2.36. The molecule has 0 aliphatic carbocycles. The van der Waals surface area contributed by atoms with Gasteiger partial charge in [-0.25, -0.2) is 8.78 Å². The summed E-state index contributed by atoms with van der Waals surface area (Å²) in [6, 6.07) is 9.53. The van der Waals surface area contributed by atoms with E-state index in [1.54, 1.807) is 18.2 Å². The summed E-state index contributed by atoms with van der Waals surface area (Å²) in [5.41, 5.74) is 1.67. The van der Waals surface area contributed by atoms with E-state index < -0.39 is 23.8 Å². The first-order valence-corrected chi connectivity index (χ1v) is 9.66. The van der Waals surface area contributed by atoms with Crippen LogP contribution >= 0.6 is 0 Å². The minimum Gasteiger partial charge on any atom is -0.493 e. The molecule has 3 rings (SSSR count). The van der Waals surface area contributed by atoms with Gasteiger partial charge < -0.3 is 20.5 Å². The summed E-state index contributed by atoms with van der Waals surface area (Å²) in [5.74, 6) is -1.11. The Morgan fingerprint density at radius 3 is 2.70 bits per heavy atom. The molecule has 2 aromatic rings. The van der Waals surface area contributed by atoms with Crippen molar-refractivity contribution in [3.05, 3.63) is 64.7 Å². The number of ether oxygens (including phenoxy) is 1. The van der Waals surface area contributed by atoms with Crippen molar-refractivity contribution in [2.45, 2.75) is 38.0 Å². The summed E-state index contributed by atoms with van der Waals surface area (Å²) in [4.78, 5) is 11.6. The molecule has 6 nitrogen and oxygen atoms in total. The zero-order valence-corrected chi connectivity index (χ0v) is 16.5. The van der Waals surface area contributed by atoms with Crippen molar-refractivity contribution in [3.63, 3.8) is 0 Å². The fraction of sp³-hybridized carbons (Fsp3) is 0.364. The molecule has 0 fully saturated rings. The number of fused-ring (bicyclic) bond motifs is 1. The van der Waals surface area contributed by atoms with Gasteiger partial charge >= 0.3 is 0 Å². The van der Waals surface area contributed by atoms with E-state index >= 15 is 0 Å². The summed E-state index contributed by atoms with van der Waals surface area (Å²) < 4.78 is 32.6.